The first-order chi connectivity index (χ1) is 7.25. The minimum atomic E-state index is 0.392. The summed E-state index contributed by atoms with van der Waals surface area (Å²) in [5, 5.41) is 3.44. The second-order valence-corrected chi connectivity index (χ2v) is 4.89. The molecule has 1 heterocycles. The Balaban J connectivity index is 1.94. The maximum atomic E-state index is 5.57. The highest BCUT2D eigenvalue weighted by atomic mass is 79.9. The zero-order valence-corrected chi connectivity index (χ0v) is 10.5. The van der Waals surface area contributed by atoms with E-state index in [-0.39, 0.29) is 0 Å². The van der Waals surface area contributed by atoms with Gasteiger partial charge in [-0.1, -0.05) is 22.0 Å². The van der Waals surface area contributed by atoms with Crippen LogP contribution in [-0.4, -0.2) is 19.3 Å². The topological polar surface area (TPSA) is 21.3 Å². The molecule has 1 aromatic carbocycles. The van der Waals surface area contributed by atoms with E-state index in [2.05, 4.69) is 46.4 Å². The summed E-state index contributed by atoms with van der Waals surface area (Å²) in [6.07, 6.45) is 2.77. The Labute approximate surface area is 99.1 Å². The fourth-order valence-electron chi connectivity index (χ4n) is 1.81. The molecule has 15 heavy (non-hydrogen) atoms. The molecule has 2 nitrogen and oxygen atoms in total. The van der Waals surface area contributed by atoms with Crippen molar-refractivity contribution in [3.05, 3.63) is 28.2 Å². The molecule has 1 fully saturated rings. The first kappa shape index (κ1) is 11.0. The Bertz CT molecular complexity index is 334. The van der Waals surface area contributed by atoms with Gasteiger partial charge >= 0.3 is 0 Å². The van der Waals surface area contributed by atoms with Gasteiger partial charge in [-0.05, 0) is 37.5 Å². The largest absolute Gasteiger partial charge is 0.382 e. The van der Waals surface area contributed by atoms with Crippen LogP contribution >= 0.6 is 15.9 Å². The Morgan fingerprint density at radius 2 is 2.40 bits per heavy atom. The maximum Gasteiger partial charge on any atom is 0.0748 e. The molecule has 0 aliphatic carbocycles. The highest BCUT2D eigenvalue weighted by molar-refractivity contribution is 9.10. The predicted octanol–water partition coefficient (Wildman–Crippen LogP) is 3.35. The van der Waals surface area contributed by atoms with Crippen LogP contribution < -0.4 is 5.32 Å². The molecule has 1 aliphatic heterocycles. The first-order valence-electron chi connectivity index (χ1n) is 5.37. The predicted molar refractivity (Wildman–Crippen MR) is 66.3 cm³/mol. The van der Waals surface area contributed by atoms with Crippen molar-refractivity contribution < 1.29 is 4.74 Å². The summed E-state index contributed by atoms with van der Waals surface area (Å²) in [4.78, 5) is 0. The van der Waals surface area contributed by atoms with Gasteiger partial charge in [0.05, 0.1) is 6.10 Å². The molecule has 1 unspecified atom stereocenters. The maximum absolute atomic E-state index is 5.57. The molecular weight excluding hydrogens is 254 g/mol. The molecule has 0 saturated carbocycles. The van der Waals surface area contributed by atoms with Crippen molar-refractivity contribution in [2.45, 2.75) is 25.9 Å². The van der Waals surface area contributed by atoms with E-state index in [0.717, 1.165) is 17.6 Å². The summed E-state index contributed by atoms with van der Waals surface area (Å²) in [7, 11) is 0. The monoisotopic (exact) mass is 269 g/mol. The van der Waals surface area contributed by atoms with Gasteiger partial charge in [0.1, 0.15) is 0 Å². The third kappa shape index (κ3) is 2.95. The number of anilines is 1. The summed E-state index contributed by atoms with van der Waals surface area (Å²) >= 11 is 3.48. The number of ether oxygens (including phenoxy) is 1. The number of hydrogen-bond donors (Lipinski definition) is 1. The fraction of sp³-hybridized carbons (Fsp3) is 0.500. The zero-order chi connectivity index (χ0) is 10.7. The third-order valence-corrected chi connectivity index (χ3v) is 3.24. The molecule has 3 heteroatoms. The fourth-order valence-corrected chi connectivity index (χ4v) is 2.17. The lowest BCUT2D eigenvalue weighted by atomic mass is 10.2. The minimum absolute atomic E-state index is 0.392. The second-order valence-electron chi connectivity index (χ2n) is 3.98. The number of rotatable bonds is 3. The van der Waals surface area contributed by atoms with Crippen LogP contribution in [0.25, 0.3) is 0 Å². The van der Waals surface area contributed by atoms with Gasteiger partial charge in [0.25, 0.3) is 0 Å². The van der Waals surface area contributed by atoms with E-state index in [1.54, 1.807) is 0 Å². The standard InChI is InChI=1S/C12H16BrNO/c1-9-4-5-10(13)7-12(9)14-8-11-3-2-6-15-11/h4-5,7,11,14H,2-3,6,8H2,1H3. The molecule has 0 bridgehead atoms. The van der Waals surface area contributed by atoms with Crippen molar-refractivity contribution in [2.24, 2.45) is 0 Å². The van der Waals surface area contributed by atoms with Crippen LogP contribution in [0.4, 0.5) is 5.69 Å². The van der Waals surface area contributed by atoms with Gasteiger partial charge < -0.3 is 10.1 Å². The van der Waals surface area contributed by atoms with E-state index >= 15 is 0 Å². The molecule has 1 atom stereocenters. The lowest BCUT2D eigenvalue weighted by molar-refractivity contribution is 0.120. The van der Waals surface area contributed by atoms with Crippen LogP contribution in [0.2, 0.25) is 0 Å². The summed E-state index contributed by atoms with van der Waals surface area (Å²) in [6, 6.07) is 6.29. The van der Waals surface area contributed by atoms with Crippen LogP contribution in [0.15, 0.2) is 22.7 Å². The lowest BCUT2D eigenvalue weighted by Crippen LogP contribution is -2.18. The molecule has 1 aromatic rings. The zero-order valence-electron chi connectivity index (χ0n) is 8.92. The average Bonchev–Trinajstić information content (AvgIpc) is 2.72. The quantitative estimate of drug-likeness (QED) is 0.909. The van der Waals surface area contributed by atoms with E-state index in [0.29, 0.717) is 6.10 Å². The molecule has 0 aromatic heterocycles. The molecule has 82 valence electrons. The summed E-state index contributed by atoms with van der Waals surface area (Å²) in [6.45, 7) is 3.95. The molecule has 1 saturated heterocycles. The van der Waals surface area contributed by atoms with Crippen molar-refractivity contribution in [3.8, 4) is 0 Å². The highest BCUT2D eigenvalue weighted by Crippen LogP contribution is 2.21. The van der Waals surface area contributed by atoms with Crippen LogP contribution in [-0.2, 0) is 4.74 Å². The normalized spacial score (nSPS) is 20.5. The van der Waals surface area contributed by atoms with Gasteiger partial charge in [0, 0.05) is 23.3 Å². The van der Waals surface area contributed by atoms with Crippen LogP contribution in [0.5, 0.6) is 0 Å². The van der Waals surface area contributed by atoms with Crippen molar-refractivity contribution in [1.29, 1.82) is 0 Å². The van der Waals surface area contributed by atoms with E-state index in [4.69, 9.17) is 4.74 Å². The number of nitrogens with one attached hydrogen (secondary N) is 1. The Morgan fingerprint density at radius 3 is 3.13 bits per heavy atom. The number of halogens is 1. The molecule has 1 aliphatic rings. The van der Waals surface area contributed by atoms with Gasteiger partial charge in [-0.15, -0.1) is 0 Å². The number of hydrogen-bond acceptors (Lipinski definition) is 2. The smallest absolute Gasteiger partial charge is 0.0748 e. The molecule has 0 spiro atoms. The van der Waals surface area contributed by atoms with Gasteiger partial charge in [-0.25, -0.2) is 0 Å². The first-order valence-corrected chi connectivity index (χ1v) is 6.16. The summed E-state index contributed by atoms with van der Waals surface area (Å²) < 4.78 is 6.68. The molecule has 0 radical (unpaired) electrons. The third-order valence-electron chi connectivity index (χ3n) is 2.74. The van der Waals surface area contributed by atoms with Crippen LogP contribution in [0.3, 0.4) is 0 Å². The highest BCUT2D eigenvalue weighted by Gasteiger charge is 2.14. The Kier molecular flexibility index (Phi) is 3.65. The Morgan fingerprint density at radius 1 is 1.53 bits per heavy atom. The van der Waals surface area contributed by atoms with Crippen molar-refractivity contribution in [3.63, 3.8) is 0 Å². The summed E-state index contributed by atoms with van der Waals surface area (Å²) in [5.41, 5.74) is 2.47. The van der Waals surface area contributed by atoms with Crippen molar-refractivity contribution in [1.82, 2.24) is 0 Å². The average molecular weight is 270 g/mol. The van der Waals surface area contributed by atoms with E-state index in [1.165, 1.54) is 24.1 Å². The SMILES string of the molecule is Cc1ccc(Br)cc1NCC1CCCO1. The Hall–Kier alpha value is -0.540. The van der Waals surface area contributed by atoms with E-state index in [1.807, 2.05) is 0 Å². The van der Waals surface area contributed by atoms with Crippen LogP contribution in [0, 0.1) is 6.92 Å². The van der Waals surface area contributed by atoms with Gasteiger partial charge in [0.2, 0.25) is 0 Å². The van der Waals surface area contributed by atoms with Gasteiger partial charge in [0.15, 0.2) is 0 Å². The lowest BCUT2D eigenvalue weighted by Gasteiger charge is -2.13. The van der Waals surface area contributed by atoms with Crippen LogP contribution in [0.1, 0.15) is 18.4 Å². The van der Waals surface area contributed by atoms with E-state index in [9.17, 15) is 0 Å². The number of aryl methyl sites for hydroxylation is 1. The molecule has 1 N–H and O–H groups in total. The van der Waals surface area contributed by atoms with Crippen molar-refractivity contribution in [2.75, 3.05) is 18.5 Å². The van der Waals surface area contributed by atoms with Gasteiger partial charge in [-0.3, -0.25) is 0 Å². The van der Waals surface area contributed by atoms with Crippen molar-refractivity contribution >= 4 is 21.6 Å². The minimum Gasteiger partial charge on any atom is -0.382 e. The second kappa shape index (κ2) is 4.99. The summed E-state index contributed by atoms with van der Waals surface area (Å²) in [5.74, 6) is 0. The molecular formula is C12H16BrNO. The molecule has 2 rings (SSSR count). The number of benzene rings is 1. The molecule has 0 amide bonds. The van der Waals surface area contributed by atoms with Gasteiger partial charge in [-0.2, -0.15) is 0 Å². The van der Waals surface area contributed by atoms with E-state index < -0.39 is 0 Å².